The molecule has 0 aromatic heterocycles. The maximum absolute atomic E-state index is 11.1. The lowest BCUT2D eigenvalue weighted by Gasteiger charge is -2.06. The highest BCUT2D eigenvalue weighted by molar-refractivity contribution is 6.62. The normalized spacial score (nSPS) is 14.5. The van der Waals surface area contributed by atoms with E-state index in [2.05, 4.69) is 19.2 Å². The Morgan fingerprint density at radius 2 is 2.13 bits per heavy atom. The Bertz CT molecular complexity index is 372. The van der Waals surface area contributed by atoms with Gasteiger partial charge in [-0.15, -0.1) is 0 Å². The summed E-state index contributed by atoms with van der Waals surface area (Å²) in [5.74, 6) is 0. The Balaban J connectivity index is 2.37. The molecular weight excluding hydrogens is 183 g/mol. The van der Waals surface area contributed by atoms with Crippen molar-refractivity contribution in [3.63, 3.8) is 0 Å². The van der Waals surface area contributed by atoms with Crippen molar-refractivity contribution >= 4 is 13.5 Å². The first-order chi connectivity index (χ1) is 7.00. The van der Waals surface area contributed by atoms with Gasteiger partial charge in [0.25, 0.3) is 0 Å². The van der Waals surface area contributed by atoms with E-state index in [1.54, 1.807) is 7.85 Å². The van der Waals surface area contributed by atoms with E-state index in [4.69, 9.17) is 0 Å². The molecule has 78 valence electrons. The Kier molecular flexibility index (Phi) is 3.90. The number of hydrogen-bond donors (Lipinski definition) is 0. The summed E-state index contributed by atoms with van der Waals surface area (Å²) < 4.78 is 0. The molecule has 0 spiro atoms. The van der Waals surface area contributed by atoms with Crippen molar-refractivity contribution in [3.05, 3.63) is 47.6 Å². The van der Waals surface area contributed by atoms with Crippen LogP contribution in [0.15, 0.2) is 47.6 Å². The molecule has 0 heterocycles. The van der Waals surface area contributed by atoms with E-state index in [-0.39, 0.29) is 5.68 Å². The van der Waals surface area contributed by atoms with E-state index in [0.717, 1.165) is 36.0 Å². The largest absolute Gasteiger partial charge is 0.307 e. The van der Waals surface area contributed by atoms with Crippen LogP contribution in [-0.4, -0.2) is 13.5 Å². The van der Waals surface area contributed by atoms with Crippen LogP contribution < -0.4 is 0 Å². The standard InChI is InChI=1S/C13H17BO/c1-9(2)10(3)4-5-11-6-7-12(8-11)13(14)15/h6-7H,1,3-5,8,14H2,2H3. The molecule has 1 nitrogen and oxygen atoms in total. The lowest BCUT2D eigenvalue weighted by Crippen LogP contribution is -1.99. The van der Waals surface area contributed by atoms with Crippen LogP contribution in [0.5, 0.6) is 0 Å². The minimum atomic E-state index is 0.181. The highest BCUT2D eigenvalue weighted by Crippen LogP contribution is 2.25. The highest BCUT2D eigenvalue weighted by atomic mass is 16.1. The monoisotopic (exact) mass is 200 g/mol. The zero-order valence-electron chi connectivity index (χ0n) is 9.60. The summed E-state index contributed by atoms with van der Waals surface area (Å²) in [5.41, 5.74) is 4.58. The van der Waals surface area contributed by atoms with Crippen molar-refractivity contribution in [1.29, 1.82) is 0 Å². The van der Waals surface area contributed by atoms with E-state index in [0.29, 0.717) is 0 Å². The van der Waals surface area contributed by atoms with E-state index in [1.807, 2.05) is 13.0 Å². The Labute approximate surface area is 92.7 Å². The van der Waals surface area contributed by atoms with Gasteiger partial charge < -0.3 is 4.79 Å². The molecule has 1 rings (SSSR count). The second-order valence-corrected chi connectivity index (χ2v) is 4.13. The number of hydrogen-bond acceptors (Lipinski definition) is 1. The van der Waals surface area contributed by atoms with Crippen LogP contribution in [0, 0.1) is 0 Å². The summed E-state index contributed by atoms with van der Waals surface area (Å²) >= 11 is 0. The van der Waals surface area contributed by atoms with Crippen LogP contribution in [0.1, 0.15) is 26.2 Å². The van der Waals surface area contributed by atoms with Gasteiger partial charge in [-0.25, -0.2) is 0 Å². The van der Waals surface area contributed by atoms with Gasteiger partial charge in [-0.1, -0.05) is 42.0 Å². The predicted molar refractivity (Wildman–Crippen MR) is 67.5 cm³/mol. The summed E-state index contributed by atoms with van der Waals surface area (Å²) in [5, 5.41) is 0. The molecule has 0 N–H and O–H groups in total. The quantitative estimate of drug-likeness (QED) is 0.491. The first-order valence-corrected chi connectivity index (χ1v) is 5.24. The number of carbonyl (C=O) groups is 1. The van der Waals surface area contributed by atoms with Crippen molar-refractivity contribution in [2.45, 2.75) is 26.2 Å². The third-order valence-corrected chi connectivity index (χ3v) is 2.74. The summed E-state index contributed by atoms with van der Waals surface area (Å²) in [4.78, 5) is 11.1. The smallest absolute Gasteiger partial charge is 0.193 e. The molecule has 0 unspecified atom stereocenters. The van der Waals surface area contributed by atoms with Crippen LogP contribution in [-0.2, 0) is 4.79 Å². The van der Waals surface area contributed by atoms with Gasteiger partial charge >= 0.3 is 0 Å². The molecule has 0 saturated heterocycles. The second kappa shape index (κ2) is 4.97. The molecule has 0 radical (unpaired) electrons. The fourth-order valence-corrected chi connectivity index (χ4v) is 1.52. The maximum Gasteiger partial charge on any atom is 0.193 e. The fourth-order valence-electron chi connectivity index (χ4n) is 1.52. The van der Waals surface area contributed by atoms with Crippen LogP contribution in [0.25, 0.3) is 0 Å². The van der Waals surface area contributed by atoms with Gasteiger partial charge in [0, 0.05) is 0 Å². The van der Waals surface area contributed by atoms with Crippen LogP contribution in [0.3, 0.4) is 0 Å². The van der Waals surface area contributed by atoms with Gasteiger partial charge in [-0.3, -0.25) is 0 Å². The SMILES string of the molecule is BC(=O)C1=CC=C(CCC(=C)C(=C)C)C1. The van der Waals surface area contributed by atoms with Crippen molar-refractivity contribution in [3.8, 4) is 0 Å². The molecule has 0 aromatic carbocycles. The van der Waals surface area contributed by atoms with Gasteiger partial charge in [-0.05, 0) is 31.8 Å². The van der Waals surface area contributed by atoms with Gasteiger partial charge in [0.1, 0.15) is 5.68 Å². The molecular formula is C13H17BO. The Morgan fingerprint density at radius 1 is 1.47 bits per heavy atom. The first-order valence-electron chi connectivity index (χ1n) is 5.24. The summed E-state index contributed by atoms with van der Waals surface area (Å²) in [6.45, 7) is 9.79. The van der Waals surface area contributed by atoms with E-state index >= 15 is 0 Å². The number of rotatable bonds is 5. The summed E-state index contributed by atoms with van der Waals surface area (Å²) in [7, 11) is 1.62. The molecule has 1 aliphatic carbocycles. The Hall–Kier alpha value is -1.31. The van der Waals surface area contributed by atoms with Crippen molar-refractivity contribution in [2.75, 3.05) is 0 Å². The van der Waals surface area contributed by atoms with E-state index in [1.165, 1.54) is 5.57 Å². The number of carbonyl (C=O) groups excluding carboxylic acids is 1. The third kappa shape index (κ3) is 3.39. The molecule has 0 atom stereocenters. The molecule has 0 fully saturated rings. The Morgan fingerprint density at radius 3 is 2.60 bits per heavy atom. The second-order valence-electron chi connectivity index (χ2n) is 4.13. The molecule has 15 heavy (non-hydrogen) atoms. The topological polar surface area (TPSA) is 17.1 Å². The van der Waals surface area contributed by atoms with Crippen LogP contribution in [0.2, 0.25) is 0 Å². The molecule has 0 amide bonds. The van der Waals surface area contributed by atoms with Gasteiger partial charge in [0.15, 0.2) is 7.85 Å². The van der Waals surface area contributed by atoms with E-state index in [9.17, 15) is 4.79 Å². The van der Waals surface area contributed by atoms with Crippen LogP contribution >= 0.6 is 0 Å². The van der Waals surface area contributed by atoms with Crippen molar-refractivity contribution < 1.29 is 4.79 Å². The maximum atomic E-state index is 11.1. The summed E-state index contributed by atoms with van der Waals surface area (Å²) in [6, 6.07) is 0. The molecule has 0 bridgehead atoms. The van der Waals surface area contributed by atoms with Gasteiger partial charge in [-0.2, -0.15) is 0 Å². The molecule has 0 aromatic rings. The van der Waals surface area contributed by atoms with Crippen LogP contribution in [0.4, 0.5) is 0 Å². The van der Waals surface area contributed by atoms with Crippen molar-refractivity contribution in [2.24, 2.45) is 0 Å². The molecule has 1 aliphatic rings. The molecule has 0 saturated carbocycles. The van der Waals surface area contributed by atoms with Gasteiger partial charge in [0.05, 0.1) is 0 Å². The fraction of sp³-hybridized carbons (Fsp3) is 0.308. The van der Waals surface area contributed by atoms with Crippen molar-refractivity contribution in [1.82, 2.24) is 0 Å². The summed E-state index contributed by atoms with van der Waals surface area (Å²) in [6.07, 6.45) is 6.74. The zero-order chi connectivity index (χ0) is 11.4. The minimum absolute atomic E-state index is 0.181. The lowest BCUT2D eigenvalue weighted by molar-refractivity contribution is -0.108. The van der Waals surface area contributed by atoms with E-state index < -0.39 is 0 Å². The molecule has 0 aliphatic heterocycles. The average Bonchev–Trinajstić information content (AvgIpc) is 2.62. The zero-order valence-corrected chi connectivity index (χ0v) is 9.60. The first kappa shape index (κ1) is 11.8. The average molecular weight is 200 g/mol. The minimum Gasteiger partial charge on any atom is -0.307 e. The number of allylic oxidation sites excluding steroid dienone is 6. The molecule has 2 heteroatoms. The highest BCUT2D eigenvalue weighted by Gasteiger charge is 2.11. The predicted octanol–water partition coefficient (Wildman–Crippen LogP) is 2.32. The van der Waals surface area contributed by atoms with Gasteiger partial charge in [0.2, 0.25) is 0 Å². The lowest BCUT2D eigenvalue weighted by atomic mass is 9.91. The third-order valence-electron chi connectivity index (χ3n) is 2.74.